The van der Waals surface area contributed by atoms with E-state index in [9.17, 15) is 13.6 Å². The first kappa shape index (κ1) is 20.0. The van der Waals surface area contributed by atoms with Crippen LogP contribution in [0.15, 0.2) is 22.7 Å². The number of nitrogens with zero attached hydrogens (tertiary/aromatic N) is 1. The van der Waals surface area contributed by atoms with Gasteiger partial charge in [-0.3, -0.25) is 4.79 Å². The van der Waals surface area contributed by atoms with Gasteiger partial charge < -0.3 is 19.3 Å². The second-order valence-corrected chi connectivity index (χ2v) is 6.42. The largest absolute Gasteiger partial charge is 0.493 e. The minimum absolute atomic E-state index is 0.0676. The van der Waals surface area contributed by atoms with Gasteiger partial charge in [0.15, 0.2) is 11.5 Å². The van der Waals surface area contributed by atoms with Gasteiger partial charge in [-0.2, -0.15) is 8.78 Å². The van der Waals surface area contributed by atoms with Crippen LogP contribution in [0.3, 0.4) is 0 Å². The van der Waals surface area contributed by atoms with Crippen LogP contribution in [-0.4, -0.2) is 30.5 Å². The van der Waals surface area contributed by atoms with Crippen molar-refractivity contribution in [1.29, 1.82) is 0 Å². The summed E-state index contributed by atoms with van der Waals surface area (Å²) < 4.78 is 39.3. The number of carbonyl (C=O) groups is 1. The van der Waals surface area contributed by atoms with Crippen LogP contribution in [0.5, 0.6) is 11.5 Å². The number of carbonyl (C=O) groups excluding carboxylic acids is 1. The van der Waals surface area contributed by atoms with Crippen molar-refractivity contribution in [1.82, 2.24) is 10.5 Å². The maximum absolute atomic E-state index is 12.4. The molecule has 0 fully saturated rings. The Morgan fingerprint density at radius 1 is 1.35 bits per heavy atom. The van der Waals surface area contributed by atoms with Gasteiger partial charge in [-0.05, 0) is 31.5 Å². The Hall–Kier alpha value is -2.29. The highest BCUT2D eigenvalue weighted by Crippen LogP contribution is 2.29. The van der Waals surface area contributed by atoms with Crippen LogP contribution in [0.1, 0.15) is 22.6 Å². The van der Waals surface area contributed by atoms with E-state index < -0.39 is 6.61 Å². The molecule has 1 aromatic heterocycles. The Morgan fingerprint density at radius 2 is 2.12 bits per heavy atom. The van der Waals surface area contributed by atoms with Gasteiger partial charge in [0.1, 0.15) is 5.76 Å². The molecule has 0 saturated heterocycles. The van der Waals surface area contributed by atoms with Crippen LogP contribution in [0.25, 0.3) is 0 Å². The van der Waals surface area contributed by atoms with E-state index in [1.165, 1.54) is 31.0 Å². The molecule has 9 heteroatoms. The molecule has 0 aliphatic heterocycles. The summed E-state index contributed by atoms with van der Waals surface area (Å²) in [6.07, 6.45) is 0. The third-order valence-corrected chi connectivity index (χ3v) is 4.55. The molecule has 0 atom stereocenters. The van der Waals surface area contributed by atoms with Crippen LogP contribution in [0.2, 0.25) is 0 Å². The normalized spacial score (nSPS) is 10.8. The molecular formula is C17H20F2N2O4S. The van der Waals surface area contributed by atoms with Crippen LogP contribution >= 0.6 is 11.8 Å². The second kappa shape index (κ2) is 9.42. The molecule has 142 valence electrons. The van der Waals surface area contributed by atoms with Gasteiger partial charge in [0.05, 0.1) is 18.6 Å². The van der Waals surface area contributed by atoms with Gasteiger partial charge in [0.25, 0.3) is 0 Å². The predicted octanol–water partition coefficient (Wildman–Crippen LogP) is 3.45. The Balaban J connectivity index is 1.83. The number of rotatable bonds is 9. The molecule has 1 heterocycles. The Kier molecular flexibility index (Phi) is 7.26. The number of halogens is 2. The highest BCUT2D eigenvalue weighted by molar-refractivity contribution is 7.99. The van der Waals surface area contributed by atoms with Crippen molar-refractivity contribution in [2.24, 2.45) is 0 Å². The zero-order valence-electron chi connectivity index (χ0n) is 14.7. The van der Waals surface area contributed by atoms with Crippen LogP contribution in [0, 0.1) is 13.8 Å². The molecule has 0 saturated carbocycles. The highest BCUT2D eigenvalue weighted by Gasteiger charge is 2.13. The van der Waals surface area contributed by atoms with Crippen LogP contribution in [0.4, 0.5) is 8.78 Å². The quantitative estimate of drug-likeness (QED) is 0.712. The highest BCUT2D eigenvalue weighted by atomic mass is 32.2. The number of hydrogen-bond donors (Lipinski definition) is 1. The van der Waals surface area contributed by atoms with Crippen LogP contribution in [-0.2, 0) is 17.1 Å². The van der Waals surface area contributed by atoms with Crippen molar-refractivity contribution in [2.75, 3.05) is 12.9 Å². The molecule has 2 rings (SSSR count). The summed E-state index contributed by atoms with van der Waals surface area (Å²) >= 11 is 1.44. The lowest BCUT2D eigenvalue weighted by atomic mass is 10.2. The first-order valence-electron chi connectivity index (χ1n) is 7.78. The zero-order chi connectivity index (χ0) is 19.1. The summed E-state index contributed by atoms with van der Waals surface area (Å²) in [6, 6.07) is 4.61. The van der Waals surface area contributed by atoms with E-state index >= 15 is 0 Å². The molecule has 1 amide bonds. The average Bonchev–Trinajstić information content (AvgIpc) is 2.91. The number of aryl methyl sites for hydroxylation is 2. The fraction of sp³-hybridized carbons (Fsp3) is 0.412. The lowest BCUT2D eigenvalue weighted by Gasteiger charge is -2.12. The first-order chi connectivity index (χ1) is 12.4. The number of benzene rings is 1. The maximum atomic E-state index is 12.4. The third kappa shape index (κ3) is 5.62. The second-order valence-electron chi connectivity index (χ2n) is 5.44. The predicted molar refractivity (Wildman–Crippen MR) is 93.6 cm³/mol. The molecule has 0 bridgehead atoms. The topological polar surface area (TPSA) is 73.6 Å². The fourth-order valence-corrected chi connectivity index (χ4v) is 3.23. The summed E-state index contributed by atoms with van der Waals surface area (Å²) in [5.74, 6) is 1.62. The smallest absolute Gasteiger partial charge is 0.387 e. The molecule has 0 radical (unpaired) electrons. The Morgan fingerprint density at radius 3 is 2.73 bits per heavy atom. The lowest BCUT2D eigenvalue weighted by Crippen LogP contribution is -2.24. The number of methoxy groups -OCH3 is 1. The first-order valence-corrected chi connectivity index (χ1v) is 8.94. The monoisotopic (exact) mass is 386 g/mol. The molecular weight excluding hydrogens is 366 g/mol. The van der Waals surface area contributed by atoms with Gasteiger partial charge in [-0.15, -0.1) is 11.8 Å². The number of thioether (sulfide) groups is 1. The van der Waals surface area contributed by atoms with E-state index in [2.05, 4.69) is 15.2 Å². The van der Waals surface area contributed by atoms with Gasteiger partial charge in [0.2, 0.25) is 5.91 Å². The molecule has 6 nitrogen and oxygen atoms in total. The van der Waals surface area contributed by atoms with E-state index in [-0.39, 0.29) is 29.7 Å². The summed E-state index contributed by atoms with van der Waals surface area (Å²) in [6.45, 7) is 0.942. The van der Waals surface area contributed by atoms with E-state index in [1.807, 2.05) is 13.8 Å². The summed E-state index contributed by atoms with van der Waals surface area (Å²) in [5.41, 5.74) is 2.44. The van der Waals surface area contributed by atoms with E-state index in [0.29, 0.717) is 11.3 Å². The summed E-state index contributed by atoms with van der Waals surface area (Å²) in [5, 5.41) is 6.61. The molecule has 0 aliphatic carbocycles. The number of ether oxygens (including phenoxy) is 2. The standard InChI is InChI=1S/C17H20F2N2O4S/c1-10-13(11(2)25-21-10)8-26-9-16(22)20-7-12-4-5-14(23-3)15(6-12)24-17(18)19/h4-6,17H,7-9H2,1-3H3,(H,20,22). The minimum atomic E-state index is -2.95. The van der Waals surface area contributed by atoms with Crippen molar-refractivity contribution in [3.63, 3.8) is 0 Å². The van der Waals surface area contributed by atoms with Gasteiger partial charge in [-0.1, -0.05) is 11.2 Å². The van der Waals surface area contributed by atoms with Crippen molar-refractivity contribution < 1.29 is 27.6 Å². The lowest BCUT2D eigenvalue weighted by molar-refractivity contribution is -0.118. The summed E-state index contributed by atoms with van der Waals surface area (Å²) in [4.78, 5) is 12.0. The molecule has 0 unspecified atom stereocenters. The molecule has 1 N–H and O–H groups in total. The van der Waals surface area contributed by atoms with E-state index in [1.54, 1.807) is 6.07 Å². The van der Waals surface area contributed by atoms with Gasteiger partial charge in [-0.25, -0.2) is 0 Å². The van der Waals surface area contributed by atoms with Crippen molar-refractivity contribution in [2.45, 2.75) is 32.8 Å². The maximum Gasteiger partial charge on any atom is 0.387 e. The van der Waals surface area contributed by atoms with Gasteiger partial charge in [0, 0.05) is 17.9 Å². The Bertz CT molecular complexity index is 733. The SMILES string of the molecule is COc1ccc(CNC(=O)CSCc2c(C)noc2C)cc1OC(F)F. The molecule has 26 heavy (non-hydrogen) atoms. The fourth-order valence-electron chi connectivity index (χ4n) is 2.22. The molecule has 0 spiro atoms. The van der Waals surface area contributed by atoms with E-state index in [4.69, 9.17) is 9.26 Å². The average molecular weight is 386 g/mol. The zero-order valence-corrected chi connectivity index (χ0v) is 15.5. The van der Waals surface area contributed by atoms with Crippen molar-refractivity contribution in [3.8, 4) is 11.5 Å². The van der Waals surface area contributed by atoms with Crippen molar-refractivity contribution >= 4 is 17.7 Å². The van der Waals surface area contributed by atoms with E-state index in [0.717, 1.165) is 17.0 Å². The van der Waals surface area contributed by atoms with Crippen LogP contribution < -0.4 is 14.8 Å². The molecule has 1 aromatic carbocycles. The number of aromatic nitrogens is 1. The number of alkyl halides is 2. The number of nitrogens with one attached hydrogen (secondary N) is 1. The number of hydrogen-bond acceptors (Lipinski definition) is 6. The third-order valence-electron chi connectivity index (χ3n) is 3.59. The minimum Gasteiger partial charge on any atom is -0.493 e. The number of amides is 1. The Labute approximate surface area is 154 Å². The van der Waals surface area contributed by atoms with Gasteiger partial charge >= 0.3 is 6.61 Å². The summed E-state index contributed by atoms with van der Waals surface area (Å²) in [7, 11) is 1.37. The van der Waals surface area contributed by atoms with Crippen molar-refractivity contribution in [3.05, 3.63) is 40.8 Å². The molecule has 2 aromatic rings. The molecule has 0 aliphatic rings.